The number of benzene rings is 3. The van der Waals surface area contributed by atoms with Gasteiger partial charge in [-0.2, -0.15) is 0 Å². The normalized spacial score (nSPS) is 9.87. The number of pyridine rings is 3. The van der Waals surface area contributed by atoms with E-state index < -0.39 is 66.2 Å². The van der Waals surface area contributed by atoms with Crippen LogP contribution in [0.4, 0.5) is 17.1 Å². The SMILES string of the molecule is CCOC(=O)c1c(O)c(=O)n(C)c2ccc([N+](=O)[O-])cc12.Cn1c(=O)c(O)c(C(=O)O)c2cc([N+](=O)[O-])ccc21.Cn1c(=O)c(O)cc2cc([N+](=O)[O-])ccc21.[Cl-].[Li+].[Li+].[OH-]. The minimum Gasteiger partial charge on any atom is -1.00 e. The first kappa shape index (κ1) is 53.3. The second-order valence-corrected chi connectivity index (χ2v) is 11.5. The predicted molar refractivity (Wildman–Crippen MR) is 197 cm³/mol. The van der Waals surface area contributed by atoms with Crippen LogP contribution in [0.1, 0.15) is 27.6 Å². The second-order valence-electron chi connectivity index (χ2n) is 11.5. The molecule has 3 heterocycles. The molecule has 0 aliphatic heterocycles. The van der Waals surface area contributed by atoms with Crippen LogP contribution in [0.3, 0.4) is 0 Å². The molecule has 60 heavy (non-hydrogen) atoms. The Hall–Kier alpha value is -6.73. The number of halogens is 1. The Morgan fingerprint density at radius 1 is 0.633 bits per heavy atom. The number of carboxylic acids is 1. The maximum absolute atomic E-state index is 11.9. The van der Waals surface area contributed by atoms with Gasteiger partial charge in [-0.3, -0.25) is 44.7 Å². The van der Waals surface area contributed by atoms with Crippen molar-refractivity contribution < 1.29 is 105 Å². The molecule has 6 aromatic rings. The monoisotopic (exact) mass is 842 g/mol. The number of non-ortho nitro benzene ring substituents is 3. The Labute approximate surface area is 364 Å². The van der Waals surface area contributed by atoms with Crippen LogP contribution in [0.25, 0.3) is 32.7 Å². The molecule has 0 saturated heterocycles. The first-order valence-corrected chi connectivity index (χ1v) is 15.6. The van der Waals surface area contributed by atoms with Crippen molar-refractivity contribution in [2.45, 2.75) is 6.92 Å². The molecule has 0 aliphatic rings. The number of esters is 1. The van der Waals surface area contributed by atoms with Crippen molar-refractivity contribution in [3.05, 3.63) is 133 Å². The van der Waals surface area contributed by atoms with Gasteiger partial charge in [0.05, 0.1) is 37.9 Å². The molecule has 3 aromatic carbocycles. The Bertz CT molecular complexity index is 2860. The van der Waals surface area contributed by atoms with E-state index in [1.165, 1.54) is 68.2 Å². The minimum atomic E-state index is -1.53. The number of nitrogens with zero attached hydrogens (tertiary/aromatic N) is 6. The van der Waals surface area contributed by atoms with Crippen LogP contribution in [-0.2, 0) is 25.9 Å². The third kappa shape index (κ3) is 10.5. The van der Waals surface area contributed by atoms with E-state index in [0.29, 0.717) is 10.9 Å². The summed E-state index contributed by atoms with van der Waals surface area (Å²) in [6.07, 6.45) is 0. The molecular weight excluding hydrogens is 814 g/mol. The van der Waals surface area contributed by atoms with E-state index in [-0.39, 0.29) is 107 Å². The molecule has 0 spiro atoms. The van der Waals surface area contributed by atoms with E-state index in [1.54, 1.807) is 6.92 Å². The van der Waals surface area contributed by atoms with Crippen LogP contribution in [0.5, 0.6) is 17.2 Å². The number of aryl methyl sites for hydroxylation is 3. The molecule has 23 nitrogen and oxygen atoms in total. The zero-order valence-electron chi connectivity index (χ0n) is 32.2. The number of aromatic hydroxyl groups is 3. The van der Waals surface area contributed by atoms with Crippen LogP contribution in [-0.4, -0.2) is 72.9 Å². The summed E-state index contributed by atoms with van der Waals surface area (Å²) in [4.78, 5) is 88.2. The summed E-state index contributed by atoms with van der Waals surface area (Å²) in [5.41, 5.74) is -2.84. The number of aromatic carboxylic acids is 1. The van der Waals surface area contributed by atoms with Crippen LogP contribution in [0.2, 0.25) is 0 Å². The molecule has 5 N–H and O–H groups in total. The molecule has 0 saturated carbocycles. The summed E-state index contributed by atoms with van der Waals surface area (Å²) in [7, 11) is 4.23. The van der Waals surface area contributed by atoms with Gasteiger partial charge in [0.25, 0.3) is 33.7 Å². The fraction of sp³-hybridized carbons (Fsp3) is 0.147. The first-order valence-electron chi connectivity index (χ1n) is 15.6. The molecule has 0 radical (unpaired) electrons. The summed E-state index contributed by atoms with van der Waals surface area (Å²) in [6, 6.07) is 12.5. The first-order chi connectivity index (χ1) is 26.2. The van der Waals surface area contributed by atoms with Gasteiger partial charge in [0, 0.05) is 73.7 Å². The molecule has 0 amide bonds. The Morgan fingerprint density at radius 3 is 1.40 bits per heavy atom. The second kappa shape index (κ2) is 21.3. The largest absolute Gasteiger partial charge is 1.00 e. The van der Waals surface area contributed by atoms with Gasteiger partial charge in [0.2, 0.25) is 0 Å². The number of hydrogen-bond donors (Lipinski definition) is 4. The summed E-state index contributed by atoms with van der Waals surface area (Å²) in [6.45, 7) is 1.62. The van der Waals surface area contributed by atoms with E-state index in [2.05, 4.69) is 0 Å². The van der Waals surface area contributed by atoms with E-state index in [0.717, 1.165) is 27.3 Å². The summed E-state index contributed by atoms with van der Waals surface area (Å²) in [5.74, 6) is -4.58. The average molecular weight is 843 g/mol. The number of aromatic nitrogens is 3. The number of carbonyl (C=O) groups excluding carboxylic acids is 1. The summed E-state index contributed by atoms with van der Waals surface area (Å²) >= 11 is 0. The quantitative estimate of drug-likeness (QED) is 0.0525. The topological polar surface area (TPSA) is 350 Å². The van der Waals surface area contributed by atoms with Gasteiger partial charge in [-0.25, -0.2) is 9.59 Å². The van der Waals surface area contributed by atoms with Crippen molar-refractivity contribution in [1.29, 1.82) is 0 Å². The van der Waals surface area contributed by atoms with Crippen molar-refractivity contribution in [1.82, 2.24) is 13.7 Å². The number of fused-ring (bicyclic) bond motifs is 3. The van der Waals surface area contributed by atoms with Gasteiger partial charge >= 0.3 is 49.7 Å². The molecule has 6 rings (SSSR count). The Morgan fingerprint density at radius 2 is 1.00 bits per heavy atom. The van der Waals surface area contributed by atoms with E-state index in [4.69, 9.17) is 9.84 Å². The Balaban J connectivity index is 0.000000849. The third-order valence-corrected chi connectivity index (χ3v) is 8.22. The number of carboxylic acid groups (broad SMARTS) is 1. The average Bonchev–Trinajstić information content (AvgIpc) is 3.15. The zero-order valence-corrected chi connectivity index (χ0v) is 32.9. The predicted octanol–water partition coefficient (Wildman–Crippen LogP) is -5.83. The molecule has 0 unspecified atom stereocenters. The van der Waals surface area contributed by atoms with Crippen molar-refractivity contribution in [2.75, 3.05) is 6.61 Å². The molecule has 306 valence electrons. The van der Waals surface area contributed by atoms with Crippen molar-refractivity contribution in [2.24, 2.45) is 21.1 Å². The van der Waals surface area contributed by atoms with E-state index in [1.807, 2.05) is 0 Å². The molecule has 0 fully saturated rings. The molecule has 0 atom stereocenters. The number of nitro benzene ring substituents is 3. The van der Waals surface area contributed by atoms with Gasteiger partial charge in [-0.05, 0) is 31.2 Å². The summed E-state index contributed by atoms with van der Waals surface area (Å²) < 4.78 is 8.18. The number of carbonyl (C=O) groups is 2. The molecule has 0 aliphatic carbocycles. The van der Waals surface area contributed by atoms with Crippen LogP contribution in [0.15, 0.2) is 75.0 Å². The minimum absolute atomic E-state index is 0. The van der Waals surface area contributed by atoms with Crippen molar-refractivity contribution in [3.63, 3.8) is 0 Å². The van der Waals surface area contributed by atoms with Gasteiger partial charge in [0.15, 0.2) is 17.2 Å². The molecule has 3 aromatic heterocycles. The number of ether oxygens (including phenoxy) is 1. The summed E-state index contributed by atoms with van der Waals surface area (Å²) in [5, 5.41) is 70.4. The number of hydrogen-bond acceptors (Lipinski definition) is 16. The van der Waals surface area contributed by atoms with Gasteiger partial charge in [0.1, 0.15) is 11.1 Å². The number of rotatable bonds is 6. The molecule has 26 heteroatoms. The smallest absolute Gasteiger partial charge is 1.00 e. The fourth-order valence-electron chi connectivity index (χ4n) is 5.46. The molecular formula is C34H29ClLi2N6O17. The molecule has 0 bridgehead atoms. The van der Waals surface area contributed by atoms with Gasteiger partial charge < -0.3 is 56.7 Å². The van der Waals surface area contributed by atoms with Crippen LogP contribution in [0, 0.1) is 30.3 Å². The number of nitro groups is 3. The van der Waals surface area contributed by atoms with E-state index in [9.17, 15) is 69.6 Å². The zero-order chi connectivity index (χ0) is 41.9. The van der Waals surface area contributed by atoms with Crippen LogP contribution >= 0.6 is 0 Å². The standard InChI is InChI=1S/C13H12N2O6.C11H8N2O6.C10H8N2O4.ClH.2Li.H2O/c1-3-21-13(18)10-8-6-7(15(19)20)4-5-9(8)14(2)12(17)11(10)16;1-12-7-3-2-5(13(18)19)4-6(7)8(11(16)17)9(14)10(12)15;1-11-8-3-2-7(12(15)16)4-6(8)5-9(13)10(11)14;;;;/h4-6,16H,3H2,1-2H3;2-4,14H,1H3,(H,16,17);2-5,13H,1H3;1H;;;1H2/q;;;;2*+1;/p-2. The van der Waals surface area contributed by atoms with Crippen LogP contribution < -0.4 is 66.8 Å². The third-order valence-electron chi connectivity index (χ3n) is 8.22. The Kier molecular flexibility index (Phi) is 18.9. The van der Waals surface area contributed by atoms with Gasteiger partial charge in [-0.1, -0.05) is 0 Å². The van der Waals surface area contributed by atoms with E-state index >= 15 is 0 Å². The van der Waals surface area contributed by atoms with Crippen molar-refractivity contribution in [3.8, 4) is 17.2 Å². The maximum Gasteiger partial charge on any atom is 1.00 e. The maximum atomic E-state index is 11.9. The fourth-order valence-corrected chi connectivity index (χ4v) is 5.46. The van der Waals surface area contributed by atoms with Gasteiger partial charge in [-0.15, -0.1) is 0 Å². The van der Waals surface area contributed by atoms with Crippen molar-refractivity contribution >= 4 is 61.7 Å².